The summed E-state index contributed by atoms with van der Waals surface area (Å²) in [5.41, 5.74) is 5.71. The van der Waals surface area contributed by atoms with Crippen LogP contribution in [-0.4, -0.2) is 12.2 Å². The van der Waals surface area contributed by atoms with Crippen LogP contribution >= 0.6 is 0 Å². The van der Waals surface area contributed by atoms with Crippen molar-refractivity contribution in [1.82, 2.24) is 0 Å². The largest absolute Gasteiger partial charge is 0.444 e. The molecule has 3 heteroatoms. The maximum Gasteiger partial charge on any atom is 0.331 e. The minimum Gasteiger partial charge on any atom is -0.444 e. The molecule has 0 aliphatic carbocycles. The summed E-state index contributed by atoms with van der Waals surface area (Å²) >= 11 is 0. The van der Waals surface area contributed by atoms with Gasteiger partial charge in [0.2, 0.25) is 0 Å². The first-order chi connectivity index (χ1) is 11.7. The molecule has 3 nitrogen and oxygen atoms in total. The van der Waals surface area contributed by atoms with Crippen molar-refractivity contribution in [2.45, 2.75) is 116 Å². The third-order valence-corrected chi connectivity index (χ3v) is 4.53. The molecule has 0 aromatic heterocycles. The Kier molecular flexibility index (Phi) is 17.9. The van der Waals surface area contributed by atoms with E-state index in [4.69, 9.17) is 10.5 Å². The minimum atomic E-state index is -0.475. The predicted molar refractivity (Wildman–Crippen MR) is 104 cm³/mol. The second-order valence-corrected chi connectivity index (χ2v) is 6.92. The number of nitrogens with two attached hydrogens (primary N) is 1. The number of hydrogen-bond donors (Lipinski definition) is 1. The summed E-state index contributed by atoms with van der Waals surface area (Å²) in [6.07, 6.45) is 21.7. The van der Waals surface area contributed by atoms with Crippen LogP contribution in [0.2, 0.25) is 0 Å². The van der Waals surface area contributed by atoms with E-state index in [1.165, 1.54) is 89.9 Å². The second-order valence-electron chi connectivity index (χ2n) is 6.92. The molecule has 0 aromatic rings. The fraction of sp³-hybridized carbons (Fsp3) is 0.857. The third kappa shape index (κ3) is 17.5. The third-order valence-electron chi connectivity index (χ3n) is 4.53. The van der Waals surface area contributed by atoms with Gasteiger partial charge in [-0.2, -0.15) is 0 Å². The number of esters is 1. The van der Waals surface area contributed by atoms with Crippen LogP contribution in [0.5, 0.6) is 0 Å². The molecule has 0 aliphatic rings. The highest BCUT2D eigenvalue weighted by Crippen LogP contribution is 2.14. The first-order valence-corrected chi connectivity index (χ1v) is 10.3. The summed E-state index contributed by atoms with van der Waals surface area (Å²) in [5.74, 6) is -0.427. The van der Waals surface area contributed by atoms with Crippen LogP contribution in [-0.2, 0) is 9.53 Å². The molecule has 24 heavy (non-hydrogen) atoms. The van der Waals surface area contributed by atoms with Crippen LogP contribution < -0.4 is 5.73 Å². The molecule has 0 fully saturated rings. The number of hydrogen-bond acceptors (Lipinski definition) is 3. The molecule has 0 bridgehead atoms. The van der Waals surface area contributed by atoms with E-state index in [-0.39, 0.29) is 0 Å². The van der Waals surface area contributed by atoms with E-state index in [9.17, 15) is 4.79 Å². The lowest BCUT2D eigenvalue weighted by Crippen LogP contribution is -2.26. The molecule has 0 radical (unpaired) electrons. The maximum absolute atomic E-state index is 11.0. The van der Waals surface area contributed by atoms with Crippen molar-refractivity contribution in [2.75, 3.05) is 0 Å². The number of unbranched alkanes of at least 4 members (excludes halogenated alkanes) is 14. The summed E-state index contributed by atoms with van der Waals surface area (Å²) in [6.45, 7) is 5.63. The van der Waals surface area contributed by atoms with E-state index in [0.29, 0.717) is 0 Å². The summed E-state index contributed by atoms with van der Waals surface area (Å²) in [5, 5.41) is 0. The van der Waals surface area contributed by atoms with E-state index in [1.54, 1.807) is 0 Å². The van der Waals surface area contributed by atoms with Crippen molar-refractivity contribution in [3.8, 4) is 0 Å². The van der Waals surface area contributed by atoms with Crippen LogP contribution in [0.25, 0.3) is 0 Å². The normalized spacial score (nSPS) is 12.1. The number of ether oxygens (including phenoxy) is 1. The van der Waals surface area contributed by atoms with Crippen LogP contribution in [0.15, 0.2) is 12.7 Å². The van der Waals surface area contributed by atoms with Crippen LogP contribution in [0.4, 0.5) is 0 Å². The average Bonchev–Trinajstić information content (AvgIpc) is 2.58. The zero-order valence-corrected chi connectivity index (χ0v) is 16.1. The lowest BCUT2D eigenvalue weighted by atomic mass is 10.0. The minimum absolute atomic E-state index is 0.427. The average molecular weight is 340 g/mol. The van der Waals surface area contributed by atoms with Crippen LogP contribution in [0.1, 0.15) is 110 Å². The van der Waals surface area contributed by atoms with Gasteiger partial charge < -0.3 is 4.74 Å². The lowest BCUT2D eigenvalue weighted by molar-refractivity contribution is -0.143. The molecular weight excluding hydrogens is 298 g/mol. The zero-order chi connectivity index (χ0) is 17.9. The Morgan fingerprint density at radius 2 is 1.21 bits per heavy atom. The molecule has 0 aliphatic heterocycles. The summed E-state index contributed by atoms with van der Waals surface area (Å²) < 4.78 is 4.94. The molecule has 1 unspecified atom stereocenters. The molecule has 0 heterocycles. The fourth-order valence-corrected chi connectivity index (χ4v) is 2.97. The second kappa shape index (κ2) is 18.5. The van der Waals surface area contributed by atoms with Gasteiger partial charge in [0.1, 0.15) is 0 Å². The Balaban J connectivity index is 3.12. The highest BCUT2D eigenvalue weighted by Gasteiger charge is 2.05. The Morgan fingerprint density at radius 1 is 0.833 bits per heavy atom. The van der Waals surface area contributed by atoms with Gasteiger partial charge >= 0.3 is 5.97 Å². The van der Waals surface area contributed by atoms with Gasteiger partial charge in [-0.1, -0.05) is 103 Å². The fourth-order valence-electron chi connectivity index (χ4n) is 2.97. The number of carbonyl (C=O) groups excluding carboxylic acids is 1. The molecule has 0 saturated carbocycles. The molecule has 0 amide bonds. The van der Waals surface area contributed by atoms with Crippen molar-refractivity contribution in [2.24, 2.45) is 5.73 Å². The molecule has 0 rings (SSSR count). The van der Waals surface area contributed by atoms with Crippen LogP contribution in [0.3, 0.4) is 0 Å². The van der Waals surface area contributed by atoms with E-state index >= 15 is 0 Å². The van der Waals surface area contributed by atoms with E-state index < -0.39 is 12.2 Å². The lowest BCUT2D eigenvalue weighted by Gasteiger charge is -2.11. The molecule has 0 aromatic carbocycles. The first kappa shape index (κ1) is 23.2. The predicted octanol–water partition coefficient (Wildman–Crippen LogP) is 6.26. The highest BCUT2D eigenvalue weighted by molar-refractivity contribution is 5.81. The Labute approximate surface area is 150 Å². The van der Waals surface area contributed by atoms with Gasteiger partial charge in [0, 0.05) is 6.08 Å². The topological polar surface area (TPSA) is 52.3 Å². The summed E-state index contributed by atoms with van der Waals surface area (Å²) in [6, 6.07) is 0. The Bertz CT molecular complexity index is 292. The van der Waals surface area contributed by atoms with Crippen molar-refractivity contribution in [1.29, 1.82) is 0 Å². The monoisotopic (exact) mass is 339 g/mol. The molecule has 142 valence electrons. The van der Waals surface area contributed by atoms with Gasteiger partial charge in [-0.15, -0.1) is 0 Å². The van der Waals surface area contributed by atoms with Crippen molar-refractivity contribution >= 4 is 5.97 Å². The van der Waals surface area contributed by atoms with Gasteiger partial charge in [0.25, 0.3) is 0 Å². The maximum atomic E-state index is 11.0. The zero-order valence-electron chi connectivity index (χ0n) is 16.1. The molecule has 0 saturated heterocycles. The van der Waals surface area contributed by atoms with E-state index in [0.717, 1.165) is 18.9 Å². The van der Waals surface area contributed by atoms with Crippen molar-refractivity contribution < 1.29 is 9.53 Å². The van der Waals surface area contributed by atoms with E-state index in [2.05, 4.69) is 13.5 Å². The Hall–Kier alpha value is -0.830. The SMILES string of the molecule is C=CC(=O)OC(N)CCCCCCCCCCCCCCCCC. The molecular formula is C21H41NO2. The van der Waals surface area contributed by atoms with Gasteiger partial charge in [-0.25, -0.2) is 4.79 Å². The first-order valence-electron chi connectivity index (χ1n) is 10.3. The number of carbonyl (C=O) groups is 1. The van der Waals surface area contributed by atoms with Crippen molar-refractivity contribution in [3.05, 3.63) is 12.7 Å². The Morgan fingerprint density at radius 3 is 1.58 bits per heavy atom. The van der Waals surface area contributed by atoms with Gasteiger partial charge in [0.15, 0.2) is 6.23 Å². The summed E-state index contributed by atoms with van der Waals surface area (Å²) in [7, 11) is 0. The highest BCUT2D eigenvalue weighted by atomic mass is 16.6. The quantitative estimate of drug-likeness (QED) is 0.139. The summed E-state index contributed by atoms with van der Waals surface area (Å²) in [4.78, 5) is 11.0. The smallest absolute Gasteiger partial charge is 0.331 e. The van der Waals surface area contributed by atoms with Gasteiger partial charge in [0.05, 0.1) is 0 Å². The molecule has 0 spiro atoms. The molecule has 1 atom stereocenters. The van der Waals surface area contributed by atoms with E-state index in [1.807, 2.05) is 0 Å². The van der Waals surface area contributed by atoms with Gasteiger partial charge in [-0.05, 0) is 12.8 Å². The standard InChI is InChI=1S/C21H41NO2/c1-3-5-6-7-8-9-10-11-12-13-14-15-16-17-18-19-20(22)24-21(23)4-2/h4,20H,2-3,5-19,22H2,1H3. The molecule has 2 N–H and O–H groups in total. The number of rotatable bonds is 18. The van der Waals surface area contributed by atoms with Gasteiger partial charge in [-0.3, -0.25) is 5.73 Å². The van der Waals surface area contributed by atoms with Crippen molar-refractivity contribution in [3.63, 3.8) is 0 Å². The van der Waals surface area contributed by atoms with Crippen LogP contribution in [0, 0.1) is 0 Å².